The summed E-state index contributed by atoms with van der Waals surface area (Å²) in [6, 6.07) is 7.65. The van der Waals surface area contributed by atoms with Crippen LogP contribution in [-0.2, 0) is 4.79 Å². The summed E-state index contributed by atoms with van der Waals surface area (Å²) in [6.07, 6.45) is 1.35. The quantitative estimate of drug-likeness (QED) is 0.763. The third kappa shape index (κ3) is 2.01. The standard InChI is InChI=1S/C16H18N2O2/c1-3-14(19)17-8-16(9-17)10-18(11-16)15(20)13-6-4-12(2)5-7-13/h3-7H,1,8-11H2,2H3. The lowest BCUT2D eigenvalue weighted by Gasteiger charge is -2.59. The van der Waals surface area contributed by atoms with Crippen molar-refractivity contribution in [1.82, 2.24) is 9.80 Å². The van der Waals surface area contributed by atoms with Gasteiger partial charge in [-0.25, -0.2) is 0 Å². The Morgan fingerprint density at radius 2 is 1.65 bits per heavy atom. The summed E-state index contributed by atoms with van der Waals surface area (Å²) in [4.78, 5) is 27.3. The molecule has 0 saturated carbocycles. The van der Waals surface area contributed by atoms with Crippen molar-refractivity contribution in [3.8, 4) is 0 Å². The average molecular weight is 270 g/mol. The van der Waals surface area contributed by atoms with Gasteiger partial charge in [-0.1, -0.05) is 24.3 Å². The van der Waals surface area contributed by atoms with Crippen molar-refractivity contribution in [3.63, 3.8) is 0 Å². The van der Waals surface area contributed by atoms with E-state index in [0.717, 1.165) is 37.3 Å². The van der Waals surface area contributed by atoms with Crippen molar-refractivity contribution in [2.45, 2.75) is 6.92 Å². The number of hydrogen-bond donors (Lipinski definition) is 0. The monoisotopic (exact) mass is 270 g/mol. The number of rotatable bonds is 2. The van der Waals surface area contributed by atoms with Crippen LogP contribution in [0, 0.1) is 12.3 Å². The Morgan fingerprint density at radius 1 is 1.10 bits per heavy atom. The van der Waals surface area contributed by atoms with Crippen LogP contribution >= 0.6 is 0 Å². The second-order valence-electron chi connectivity index (χ2n) is 5.93. The fourth-order valence-corrected chi connectivity index (χ4v) is 3.03. The van der Waals surface area contributed by atoms with Crippen molar-refractivity contribution in [2.75, 3.05) is 26.2 Å². The molecule has 1 aromatic rings. The van der Waals surface area contributed by atoms with Gasteiger partial charge in [0.1, 0.15) is 0 Å². The van der Waals surface area contributed by atoms with Gasteiger partial charge in [0.15, 0.2) is 0 Å². The summed E-state index contributed by atoms with van der Waals surface area (Å²) in [5.41, 5.74) is 2.03. The number of carbonyl (C=O) groups excluding carboxylic acids is 2. The zero-order valence-electron chi connectivity index (χ0n) is 11.6. The number of carbonyl (C=O) groups is 2. The second-order valence-corrected chi connectivity index (χ2v) is 5.93. The summed E-state index contributed by atoms with van der Waals surface area (Å²) in [5, 5.41) is 0. The van der Waals surface area contributed by atoms with Crippen LogP contribution in [0.1, 0.15) is 15.9 Å². The van der Waals surface area contributed by atoms with E-state index >= 15 is 0 Å². The Bertz CT molecular complexity index is 563. The summed E-state index contributed by atoms with van der Waals surface area (Å²) in [5.74, 6) is 0.0723. The summed E-state index contributed by atoms with van der Waals surface area (Å²) in [6.45, 7) is 8.49. The van der Waals surface area contributed by atoms with Crippen LogP contribution in [0.3, 0.4) is 0 Å². The third-order valence-electron chi connectivity index (χ3n) is 4.18. The van der Waals surface area contributed by atoms with E-state index in [1.807, 2.05) is 36.1 Å². The van der Waals surface area contributed by atoms with E-state index in [0.29, 0.717) is 0 Å². The lowest BCUT2D eigenvalue weighted by atomic mass is 9.72. The van der Waals surface area contributed by atoms with Crippen molar-refractivity contribution in [2.24, 2.45) is 5.41 Å². The fraction of sp³-hybridized carbons (Fsp3) is 0.375. The first kappa shape index (κ1) is 12.9. The van der Waals surface area contributed by atoms with Crippen molar-refractivity contribution in [3.05, 3.63) is 48.0 Å². The van der Waals surface area contributed by atoms with Gasteiger partial charge in [-0.05, 0) is 25.1 Å². The molecule has 0 unspecified atom stereocenters. The Balaban J connectivity index is 1.56. The SMILES string of the molecule is C=CC(=O)N1CC2(C1)CN(C(=O)c1ccc(C)cc1)C2. The van der Waals surface area contributed by atoms with Crippen molar-refractivity contribution < 1.29 is 9.59 Å². The number of amides is 2. The number of benzene rings is 1. The van der Waals surface area contributed by atoms with Crippen molar-refractivity contribution >= 4 is 11.8 Å². The molecule has 0 aromatic heterocycles. The highest BCUT2D eigenvalue weighted by atomic mass is 16.2. The van der Waals surface area contributed by atoms with Crippen molar-refractivity contribution in [1.29, 1.82) is 0 Å². The molecule has 2 amide bonds. The van der Waals surface area contributed by atoms with Gasteiger partial charge < -0.3 is 9.80 Å². The molecule has 4 nitrogen and oxygen atoms in total. The molecule has 0 atom stereocenters. The minimum absolute atomic E-state index is 0.0149. The molecule has 104 valence electrons. The second kappa shape index (κ2) is 4.47. The van der Waals surface area contributed by atoms with Gasteiger partial charge in [-0.15, -0.1) is 0 Å². The molecule has 2 fully saturated rings. The van der Waals surface area contributed by atoms with Gasteiger partial charge in [-0.3, -0.25) is 9.59 Å². The first-order chi connectivity index (χ1) is 9.53. The van der Waals surface area contributed by atoms with Gasteiger partial charge in [0.25, 0.3) is 5.91 Å². The van der Waals surface area contributed by atoms with E-state index in [-0.39, 0.29) is 17.2 Å². The average Bonchev–Trinajstić information content (AvgIpc) is 2.35. The van der Waals surface area contributed by atoms with E-state index in [4.69, 9.17) is 0 Å². The topological polar surface area (TPSA) is 40.6 Å². The highest BCUT2D eigenvalue weighted by molar-refractivity contribution is 5.95. The van der Waals surface area contributed by atoms with Crippen LogP contribution in [0.4, 0.5) is 0 Å². The van der Waals surface area contributed by atoms with E-state index in [9.17, 15) is 9.59 Å². The fourth-order valence-electron chi connectivity index (χ4n) is 3.03. The summed E-state index contributed by atoms with van der Waals surface area (Å²) >= 11 is 0. The lowest BCUT2D eigenvalue weighted by molar-refractivity contribution is -0.149. The van der Waals surface area contributed by atoms with E-state index in [1.165, 1.54) is 6.08 Å². The highest BCUT2D eigenvalue weighted by Crippen LogP contribution is 2.40. The Morgan fingerprint density at radius 3 is 2.20 bits per heavy atom. The van der Waals surface area contributed by atoms with E-state index < -0.39 is 0 Å². The Kier molecular flexibility index (Phi) is 2.89. The largest absolute Gasteiger partial charge is 0.338 e. The Labute approximate surface area is 118 Å². The van der Waals surface area contributed by atoms with Gasteiger partial charge in [0, 0.05) is 37.2 Å². The molecule has 2 heterocycles. The van der Waals surface area contributed by atoms with E-state index in [1.54, 1.807) is 4.90 Å². The van der Waals surface area contributed by atoms with Crippen LogP contribution < -0.4 is 0 Å². The third-order valence-corrected chi connectivity index (χ3v) is 4.18. The van der Waals surface area contributed by atoms with Crippen LogP contribution in [0.5, 0.6) is 0 Å². The predicted octanol–water partition coefficient (Wildman–Crippen LogP) is 1.47. The zero-order valence-corrected chi connectivity index (χ0v) is 11.6. The molecule has 3 rings (SSSR count). The van der Waals surface area contributed by atoms with Crippen LogP contribution in [0.25, 0.3) is 0 Å². The van der Waals surface area contributed by atoms with Crippen LogP contribution in [0.15, 0.2) is 36.9 Å². The van der Waals surface area contributed by atoms with Gasteiger partial charge >= 0.3 is 0 Å². The summed E-state index contributed by atoms with van der Waals surface area (Å²) in [7, 11) is 0. The number of nitrogens with zero attached hydrogens (tertiary/aromatic N) is 2. The normalized spacial score (nSPS) is 19.2. The highest BCUT2D eigenvalue weighted by Gasteiger charge is 2.54. The molecule has 0 aliphatic carbocycles. The number of likely N-dealkylation sites (tertiary alicyclic amines) is 2. The zero-order chi connectivity index (χ0) is 14.3. The smallest absolute Gasteiger partial charge is 0.253 e. The van der Waals surface area contributed by atoms with Crippen LogP contribution in [-0.4, -0.2) is 47.8 Å². The predicted molar refractivity (Wildman–Crippen MR) is 76.3 cm³/mol. The number of hydrogen-bond acceptors (Lipinski definition) is 2. The van der Waals surface area contributed by atoms with Gasteiger partial charge in [-0.2, -0.15) is 0 Å². The molecule has 4 heteroatoms. The van der Waals surface area contributed by atoms with Gasteiger partial charge in [0.05, 0.1) is 0 Å². The molecule has 2 aliphatic rings. The maximum atomic E-state index is 12.3. The Hall–Kier alpha value is -2.10. The molecule has 1 spiro atoms. The van der Waals surface area contributed by atoms with Crippen LogP contribution in [0.2, 0.25) is 0 Å². The first-order valence-corrected chi connectivity index (χ1v) is 6.80. The minimum atomic E-state index is -0.0149. The molecule has 0 radical (unpaired) electrons. The molecule has 0 N–H and O–H groups in total. The lowest BCUT2D eigenvalue weighted by Crippen LogP contribution is -2.73. The number of aryl methyl sites for hydroxylation is 1. The molecule has 0 bridgehead atoms. The van der Waals surface area contributed by atoms with Gasteiger partial charge in [0.2, 0.25) is 5.91 Å². The van der Waals surface area contributed by atoms with E-state index in [2.05, 4.69) is 6.58 Å². The minimum Gasteiger partial charge on any atom is -0.338 e. The first-order valence-electron chi connectivity index (χ1n) is 6.80. The molecular weight excluding hydrogens is 252 g/mol. The maximum absolute atomic E-state index is 12.3. The molecule has 2 aliphatic heterocycles. The summed E-state index contributed by atoms with van der Waals surface area (Å²) < 4.78 is 0. The molecule has 2 saturated heterocycles. The molecular formula is C16H18N2O2. The molecule has 1 aromatic carbocycles. The molecule has 20 heavy (non-hydrogen) atoms. The maximum Gasteiger partial charge on any atom is 0.253 e.